The van der Waals surface area contributed by atoms with Gasteiger partial charge in [0.1, 0.15) is 0 Å². The lowest BCUT2D eigenvalue weighted by molar-refractivity contribution is 0.0937. The van der Waals surface area contributed by atoms with Gasteiger partial charge in [-0.25, -0.2) is 9.67 Å². The molecule has 1 aliphatic carbocycles. The Balaban J connectivity index is 1.85. The Morgan fingerprint density at radius 2 is 1.96 bits per heavy atom. The second-order valence-electron chi connectivity index (χ2n) is 7.89. The van der Waals surface area contributed by atoms with Crippen LogP contribution in [0, 0.1) is 12.8 Å². The van der Waals surface area contributed by atoms with Gasteiger partial charge in [-0.2, -0.15) is 5.10 Å². The normalized spacial score (nSPS) is 15.3. The number of nitrogens with zero attached hydrogens (tertiary/aromatic N) is 3. The first-order valence-corrected chi connectivity index (χ1v) is 9.71. The van der Waals surface area contributed by atoms with Crippen LogP contribution in [0.4, 0.5) is 0 Å². The number of carbonyl (C=O) groups is 1. The highest BCUT2D eigenvalue weighted by molar-refractivity contribution is 6.06. The number of aromatic nitrogens is 3. The van der Waals surface area contributed by atoms with Gasteiger partial charge in [-0.1, -0.05) is 24.3 Å². The average molecular weight is 362 g/mol. The van der Waals surface area contributed by atoms with Crippen molar-refractivity contribution < 1.29 is 4.79 Å². The van der Waals surface area contributed by atoms with E-state index in [9.17, 15) is 4.79 Å². The van der Waals surface area contributed by atoms with E-state index in [1.54, 1.807) is 6.20 Å². The van der Waals surface area contributed by atoms with Gasteiger partial charge in [0.15, 0.2) is 5.65 Å². The second-order valence-corrected chi connectivity index (χ2v) is 7.89. The largest absolute Gasteiger partial charge is 0.349 e. The molecule has 1 unspecified atom stereocenters. The molecule has 3 aromatic rings. The van der Waals surface area contributed by atoms with Crippen molar-refractivity contribution in [3.8, 4) is 11.3 Å². The minimum atomic E-state index is -0.0417. The standard InChI is InChI=1S/C22H26N4O/c1-13(2)26-21-19(12-23-26)18(22(27)24-15(4)16-9-10-16)11-20(25-21)17-8-6-5-7-14(17)3/h5-8,11-13,15-16H,9-10H2,1-4H3,(H,24,27). The number of amides is 1. The average Bonchev–Trinajstić information content (AvgIpc) is 3.40. The fraction of sp³-hybridized carbons (Fsp3) is 0.409. The minimum absolute atomic E-state index is 0.0417. The van der Waals surface area contributed by atoms with Crippen molar-refractivity contribution in [1.29, 1.82) is 0 Å². The van der Waals surface area contributed by atoms with Crippen LogP contribution in [0.5, 0.6) is 0 Å². The molecule has 5 heteroatoms. The molecule has 1 fully saturated rings. The van der Waals surface area contributed by atoms with Crippen LogP contribution >= 0.6 is 0 Å². The molecule has 5 nitrogen and oxygen atoms in total. The topological polar surface area (TPSA) is 59.8 Å². The fourth-order valence-corrected chi connectivity index (χ4v) is 3.58. The number of aryl methyl sites for hydroxylation is 1. The lowest BCUT2D eigenvalue weighted by atomic mass is 10.0. The van der Waals surface area contributed by atoms with Gasteiger partial charge >= 0.3 is 0 Å². The zero-order valence-corrected chi connectivity index (χ0v) is 16.4. The number of nitrogens with one attached hydrogen (secondary N) is 1. The molecule has 2 aromatic heterocycles. The predicted molar refractivity (Wildman–Crippen MR) is 108 cm³/mol. The monoisotopic (exact) mass is 362 g/mol. The molecule has 140 valence electrons. The number of benzene rings is 1. The van der Waals surface area contributed by atoms with E-state index in [0.717, 1.165) is 27.9 Å². The Bertz CT molecular complexity index is 1000. The SMILES string of the molecule is Cc1ccccc1-c1cc(C(=O)NC(C)C2CC2)c2cnn(C(C)C)c2n1. The Morgan fingerprint density at radius 3 is 2.63 bits per heavy atom. The fourth-order valence-electron chi connectivity index (χ4n) is 3.58. The molecule has 0 radical (unpaired) electrons. The molecule has 0 spiro atoms. The zero-order valence-electron chi connectivity index (χ0n) is 16.4. The Morgan fingerprint density at radius 1 is 1.22 bits per heavy atom. The molecule has 27 heavy (non-hydrogen) atoms. The van der Waals surface area contributed by atoms with Crippen LogP contribution in [0.1, 0.15) is 55.6 Å². The lowest BCUT2D eigenvalue weighted by Crippen LogP contribution is -2.34. The van der Waals surface area contributed by atoms with Crippen LogP contribution in [-0.2, 0) is 0 Å². The quantitative estimate of drug-likeness (QED) is 0.726. The smallest absolute Gasteiger partial charge is 0.252 e. The first kappa shape index (κ1) is 17.7. The summed E-state index contributed by atoms with van der Waals surface area (Å²) in [5.41, 5.74) is 4.40. The van der Waals surface area contributed by atoms with Crippen molar-refractivity contribution in [2.24, 2.45) is 5.92 Å². The van der Waals surface area contributed by atoms with Gasteiger partial charge in [0.05, 0.1) is 22.8 Å². The summed E-state index contributed by atoms with van der Waals surface area (Å²) in [5, 5.41) is 8.48. The molecule has 1 saturated carbocycles. The molecular weight excluding hydrogens is 336 g/mol. The zero-order chi connectivity index (χ0) is 19.1. The first-order valence-electron chi connectivity index (χ1n) is 9.71. The van der Waals surface area contributed by atoms with Crippen LogP contribution in [-0.4, -0.2) is 26.7 Å². The van der Waals surface area contributed by atoms with Crippen LogP contribution in [0.15, 0.2) is 36.5 Å². The van der Waals surface area contributed by atoms with Crippen molar-refractivity contribution in [3.63, 3.8) is 0 Å². The summed E-state index contributed by atoms with van der Waals surface area (Å²) >= 11 is 0. The summed E-state index contributed by atoms with van der Waals surface area (Å²) in [6, 6.07) is 10.4. The van der Waals surface area contributed by atoms with Crippen LogP contribution in [0.25, 0.3) is 22.3 Å². The highest BCUT2D eigenvalue weighted by Gasteiger charge is 2.30. The predicted octanol–water partition coefficient (Wildman–Crippen LogP) is 4.52. The van der Waals surface area contributed by atoms with Crippen molar-refractivity contribution in [3.05, 3.63) is 47.7 Å². The maximum Gasteiger partial charge on any atom is 0.252 e. The third-order valence-corrected chi connectivity index (χ3v) is 5.41. The van der Waals surface area contributed by atoms with E-state index in [1.165, 1.54) is 12.8 Å². The van der Waals surface area contributed by atoms with Crippen molar-refractivity contribution >= 4 is 16.9 Å². The number of rotatable bonds is 5. The maximum absolute atomic E-state index is 13.1. The summed E-state index contributed by atoms with van der Waals surface area (Å²) < 4.78 is 1.89. The molecular formula is C22H26N4O. The summed E-state index contributed by atoms with van der Waals surface area (Å²) in [5.74, 6) is 0.570. The molecule has 2 heterocycles. The van der Waals surface area contributed by atoms with Gasteiger partial charge in [-0.3, -0.25) is 4.79 Å². The molecule has 0 bridgehead atoms. The molecule has 1 aromatic carbocycles. The highest BCUT2D eigenvalue weighted by atomic mass is 16.1. The van der Waals surface area contributed by atoms with Crippen LogP contribution < -0.4 is 5.32 Å². The van der Waals surface area contributed by atoms with Gasteiger partial charge in [-0.05, 0) is 58.1 Å². The third-order valence-electron chi connectivity index (χ3n) is 5.41. The van der Waals surface area contributed by atoms with E-state index in [1.807, 2.05) is 28.9 Å². The first-order chi connectivity index (χ1) is 13.0. The molecule has 1 atom stereocenters. The summed E-state index contributed by atoms with van der Waals surface area (Å²) in [7, 11) is 0. The molecule has 0 aliphatic heterocycles. The van der Waals surface area contributed by atoms with Crippen molar-refractivity contribution in [2.45, 2.75) is 52.6 Å². The van der Waals surface area contributed by atoms with E-state index >= 15 is 0 Å². The van der Waals surface area contributed by atoms with E-state index in [-0.39, 0.29) is 18.0 Å². The minimum Gasteiger partial charge on any atom is -0.349 e. The Kier molecular flexibility index (Phi) is 4.46. The van der Waals surface area contributed by atoms with Crippen molar-refractivity contribution in [1.82, 2.24) is 20.1 Å². The Labute approximate surface area is 159 Å². The Hall–Kier alpha value is -2.69. The number of carbonyl (C=O) groups excluding carboxylic acids is 1. The van der Waals surface area contributed by atoms with E-state index in [4.69, 9.17) is 4.98 Å². The van der Waals surface area contributed by atoms with Gasteiger partial charge in [0, 0.05) is 17.6 Å². The number of hydrogen-bond acceptors (Lipinski definition) is 3. The number of hydrogen-bond donors (Lipinski definition) is 1. The van der Waals surface area contributed by atoms with Gasteiger partial charge in [0.25, 0.3) is 5.91 Å². The van der Waals surface area contributed by atoms with E-state index in [2.05, 4.69) is 44.2 Å². The third kappa shape index (κ3) is 3.34. The molecule has 0 saturated heterocycles. The van der Waals surface area contributed by atoms with Crippen LogP contribution in [0.2, 0.25) is 0 Å². The maximum atomic E-state index is 13.1. The van der Waals surface area contributed by atoms with E-state index in [0.29, 0.717) is 11.5 Å². The highest BCUT2D eigenvalue weighted by Crippen LogP contribution is 2.33. The number of fused-ring (bicyclic) bond motifs is 1. The second kappa shape index (κ2) is 6.80. The van der Waals surface area contributed by atoms with E-state index < -0.39 is 0 Å². The number of pyridine rings is 1. The molecule has 1 amide bonds. The van der Waals surface area contributed by atoms with Gasteiger partial charge in [-0.15, -0.1) is 0 Å². The molecule has 4 rings (SSSR count). The van der Waals surface area contributed by atoms with Crippen LogP contribution in [0.3, 0.4) is 0 Å². The summed E-state index contributed by atoms with van der Waals surface area (Å²) in [4.78, 5) is 18.0. The molecule has 1 N–H and O–H groups in total. The summed E-state index contributed by atoms with van der Waals surface area (Å²) in [6.45, 7) is 8.30. The van der Waals surface area contributed by atoms with Gasteiger partial charge < -0.3 is 5.32 Å². The lowest BCUT2D eigenvalue weighted by Gasteiger charge is -2.15. The summed E-state index contributed by atoms with van der Waals surface area (Å²) in [6.07, 6.45) is 4.17. The molecule has 1 aliphatic rings. The van der Waals surface area contributed by atoms with Gasteiger partial charge in [0.2, 0.25) is 0 Å². The van der Waals surface area contributed by atoms with Crippen molar-refractivity contribution in [2.75, 3.05) is 0 Å².